The second-order valence-electron chi connectivity index (χ2n) is 5.33. The number of rotatable bonds is 2. The first-order chi connectivity index (χ1) is 9.74. The zero-order chi connectivity index (χ0) is 13.6. The third kappa shape index (κ3) is 1.91. The van der Waals surface area contributed by atoms with Crippen molar-refractivity contribution in [3.63, 3.8) is 0 Å². The SMILES string of the molecule is NC1(c2nc(C3CSc4ccccc4O3)no2)CCC1. The Hall–Kier alpha value is -1.53. The molecule has 1 fully saturated rings. The first-order valence-corrected chi connectivity index (χ1v) is 7.75. The van der Waals surface area contributed by atoms with Crippen molar-refractivity contribution < 1.29 is 9.26 Å². The van der Waals surface area contributed by atoms with Crippen molar-refractivity contribution in [1.82, 2.24) is 10.1 Å². The molecule has 1 aromatic heterocycles. The molecule has 6 heteroatoms. The molecule has 1 atom stereocenters. The number of nitrogens with zero attached hydrogens (tertiary/aromatic N) is 2. The average Bonchev–Trinajstić information content (AvgIpc) is 2.94. The molecule has 2 N–H and O–H groups in total. The van der Waals surface area contributed by atoms with Crippen molar-refractivity contribution in [2.45, 2.75) is 35.8 Å². The molecule has 2 heterocycles. The summed E-state index contributed by atoms with van der Waals surface area (Å²) in [4.78, 5) is 5.61. The monoisotopic (exact) mass is 289 g/mol. The Labute approximate surface area is 120 Å². The van der Waals surface area contributed by atoms with Crippen LogP contribution >= 0.6 is 11.8 Å². The van der Waals surface area contributed by atoms with Crippen LogP contribution in [0.3, 0.4) is 0 Å². The Morgan fingerprint density at radius 2 is 2.15 bits per heavy atom. The molecular formula is C14H15N3O2S. The van der Waals surface area contributed by atoms with Crippen LogP contribution in [0.15, 0.2) is 33.7 Å². The van der Waals surface area contributed by atoms with Crippen molar-refractivity contribution in [3.05, 3.63) is 36.0 Å². The molecule has 0 amide bonds. The Bertz CT molecular complexity index is 639. The van der Waals surface area contributed by atoms with Gasteiger partial charge in [-0.05, 0) is 31.4 Å². The lowest BCUT2D eigenvalue weighted by atomic mass is 9.78. The molecule has 5 nitrogen and oxygen atoms in total. The maximum atomic E-state index is 6.20. The van der Waals surface area contributed by atoms with Crippen LogP contribution in [0.5, 0.6) is 5.75 Å². The fourth-order valence-corrected chi connectivity index (χ4v) is 3.47. The molecule has 4 rings (SSSR count). The smallest absolute Gasteiger partial charge is 0.246 e. The van der Waals surface area contributed by atoms with Crippen molar-refractivity contribution >= 4 is 11.8 Å². The minimum absolute atomic E-state index is 0.170. The first kappa shape index (κ1) is 12.2. The van der Waals surface area contributed by atoms with E-state index >= 15 is 0 Å². The second kappa shape index (κ2) is 4.49. The van der Waals surface area contributed by atoms with Crippen LogP contribution in [-0.2, 0) is 5.54 Å². The van der Waals surface area contributed by atoms with Gasteiger partial charge >= 0.3 is 0 Å². The van der Waals surface area contributed by atoms with E-state index in [4.69, 9.17) is 15.0 Å². The summed E-state index contributed by atoms with van der Waals surface area (Å²) in [6.45, 7) is 0. The van der Waals surface area contributed by atoms with Gasteiger partial charge < -0.3 is 15.0 Å². The fourth-order valence-electron chi connectivity index (χ4n) is 2.49. The number of thioether (sulfide) groups is 1. The highest BCUT2D eigenvalue weighted by molar-refractivity contribution is 7.99. The molecule has 2 aromatic rings. The first-order valence-electron chi connectivity index (χ1n) is 6.76. The zero-order valence-electron chi connectivity index (χ0n) is 10.9. The number of nitrogens with two attached hydrogens (primary N) is 1. The van der Waals surface area contributed by atoms with Crippen LogP contribution < -0.4 is 10.5 Å². The summed E-state index contributed by atoms with van der Waals surface area (Å²) in [5, 5.41) is 4.06. The number of benzene rings is 1. The van der Waals surface area contributed by atoms with Crippen LogP contribution in [0.2, 0.25) is 0 Å². The molecule has 0 bridgehead atoms. The van der Waals surface area contributed by atoms with E-state index in [1.807, 2.05) is 18.2 Å². The highest BCUT2D eigenvalue weighted by Gasteiger charge is 2.40. The van der Waals surface area contributed by atoms with Gasteiger partial charge in [-0.15, -0.1) is 11.8 Å². The summed E-state index contributed by atoms with van der Waals surface area (Å²) in [5.41, 5.74) is 5.79. The van der Waals surface area contributed by atoms with Crippen LogP contribution in [-0.4, -0.2) is 15.9 Å². The lowest BCUT2D eigenvalue weighted by Gasteiger charge is -2.33. The van der Waals surface area contributed by atoms with Gasteiger partial charge in [0.1, 0.15) is 5.75 Å². The van der Waals surface area contributed by atoms with Gasteiger partial charge in [-0.1, -0.05) is 17.3 Å². The third-order valence-corrected chi connectivity index (χ3v) is 5.03. The summed E-state index contributed by atoms with van der Waals surface area (Å²) < 4.78 is 11.3. The number of ether oxygens (including phenoxy) is 1. The van der Waals surface area contributed by atoms with E-state index in [-0.39, 0.29) is 6.10 Å². The number of aromatic nitrogens is 2. The molecule has 1 aliphatic carbocycles. The molecule has 20 heavy (non-hydrogen) atoms. The second-order valence-corrected chi connectivity index (χ2v) is 6.39. The van der Waals surface area contributed by atoms with Gasteiger partial charge in [0.25, 0.3) is 0 Å². The molecule has 1 aliphatic heterocycles. The van der Waals surface area contributed by atoms with E-state index in [9.17, 15) is 0 Å². The Morgan fingerprint density at radius 1 is 1.30 bits per heavy atom. The van der Waals surface area contributed by atoms with E-state index in [1.54, 1.807) is 11.8 Å². The normalized spacial score (nSPS) is 23.6. The number of hydrogen-bond donors (Lipinski definition) is 1. The van der Waals surface area contributed by atoms with Gasteiger partial charge in [0.05, 0.1) is 5.54 Å². The van der Waals surface area contributed by atoms with Gasteiger partial charge in [0.15, 0.2) is 6.10 Å². The maximum Gasteiger partial charge on any atom is 0.246 e. The Balaban J connectivity index is 1.57. The largest absolute Gasteiger partial charge is 0.480 e. The van der Waals surface area contributed by atoms with E-state index < -0.39 is 5.54 Å². The van der Waals surface area contributed by atoms with Gasteiger partial charge in [0, 0.05) is 10.6 Å². The van der Waals surface area contributed by atoms with Gasteiger partial charge in [0.2, 0.25) is 11.7 Å². The molecule has 2 aliphatic rings. The highest BCUT2D eigenvalue weighted by atomic mass is 32.2. The van der Waals surface area contributed by atoms with Gasteiger partial charge in [-0.25, -0.2) is 0 Å². The number of para-hydroxylation sites is 1. The minimum Gasteiger partial charge on any atom is -0.480 e. The molecule has 0 saturated heterocycles. The summed E-state index contributed by atoms with van der Waals surface area (Å²) in [5.74, 6) is 2.81. The molecule has 1 aromatic carbocycles. The maximum absolute atomic E-state index is 6.20. The molecule has 1 saturated carbocycles. The van der Waals surface area contributed by atoms with Crippen LogP contribution in [0.1, 0.15) is 37.1 Å². The number of fused-ring (bicyclic) bond motifs is 1. The third-order valence-electron chi connectivity index (χ3n) is 3.91. The predicted molar refractivity (Wildman–Crippen MR) is 74.5 cm³/mol. The molecule has 0 radical (unpaired) electrons. The lowest BCUT2D eigenvalue weighted by Crippen LogP contribution is -2.43. The standard InChI is InChI=1S/C14H15N3O2S/c15-14(6-3-7-14)13-16-12(17-19-13)10-8-20-11-5-2-1-4-9(11)18-10/h1-2,4-5,10H,3,6-8,15H2. The minimum atomic E-state index is -0.412. The molecule has 104 valence electrons. The molecule has 0 spiro atoms. The molecule has 1 unspecified atom stereocenters. The lowest BCUT2D eigenvalue weighted by molar-refractivity contribution is 0.179. The quantitative estimate of drug-likeness (QED) is 0.916. The summed E-state index contributed by atoms with van der Waals surface area (Å²) in [6, 6.07) is 8.00. The van der Waals surface area contributed by atoms with E-state index in [2.05, 4.69) is 16.2 Å². The van der Waals surface area contributed by atoms with Crippen LogP contribution in [0.4, 0.5) is 0 Å². The van der Waals surface area contributed by atoms with Crippen LogP contribution in [0.25, 0.3) is 0 Å². The molecular weight excluding hydrogens is 274 g/mol. The average molecular weight is 289 g/mol. The summed E-state index contributed by atoms with van der Waals surface area (Å²) in [7, 11) is 0. The van der Waals surface area contributed by atoms with E-state index in [0.29, 0.717) is 11.7 Å². The van der Waals surface area contributed by atoms with Gasteiger partial charge in [-0.2, -0.15) is 4.98 Å². The van der Waals surface area contributed by atoms with E-state index in [1.165, 1.54) is 0 Å². The predicted octanol–water partition coefficient (Wildman–Crippen LogP) is 2.63. The van der Waals surface area contributed by atoms with Crippen molar-refractivity contribution in [2.24, 2.45) is 5.73 Å². The van der Waals surface area contributed by atoms with Crippen LogP contribution in [0, 0.1) is 0 Å². The Kier molecular flexibility index (Phi) is 2.75. The topological polar surface area (TPSA) is 74.2 Å². The van der Waals surface area contributed by atoms with E-state index in [0.717, 1.165) is 35.7 Å². The highest BCUT2D eigenvalue weighted by Crippen LogP contribution is 2.41. The van der Waals surface area contributed by atoms with Crippen molar-refractivity contribution in [3.8, 4) is 5.75 Å². The summed E-state index contributed by atoms with van der Waals surface area (Å²) >= 11 is 1.75. The summed E-state index contributed by atoms with van der Waals surface area (Å²) in [6.07, 6.45) is 2.78. The van der Waals surface area contributed by atoms with Crippen molar-refractivity contribution in [1.29, 1.82) is 0 Å². The number of hydrogen-bond acceptors (Lipinski definition) is 6. The Morgan fingerprint density at radius 3 is 2.95 bits per heavy atom. The zero-order valence-corrected chi connectivity index (χ0v) is 11.7. The van der Waals surface area contributed by atoms with Crippen molar-refractivity contribution in [2.75, 3.05) is 5.75 Å². The van der Waals surface area contributed by atoms with Gasteiger partial charge in [-0.3, -0.25) is 0 Å². The fraction of sp³-hybridized carbons (Fsp3) is 0.429.